The fourth-order valence-corrected chi connectivity index (χ4v) is 5.17. The van der Waals surface area contributed by atoms with Crippen LogP contribution in [0, 0.1) is 12.5 Å². The zero-order valence-corrected chi connectivity index (χ0v) is 19.2. The summed E-state index contributed by atoms with van der Waals surface area (Å²) in [7, 11) is 1.94. The van der Waals surface area contributed by atoms with Crippen molar-refractivity contribution in [2.45, 2.75) is 19.4 Å². The normalized spacial score (nSPS) is 14.6. The maximum atomic E-state index is 7.33. The van der Waals surface area contributed by atoms with E-state index in [4.69, 9.17) is 11.6 Å². The van der Waals surface area contributed by atoms with Crippen LogP contribution in [-0.2, 0) is 13.6 Å². The molecule has 0 aliphatic carbocycles. The molecule has 4 heterocycles. The maximum Gasteiger partial charge on any atom is 0.187 e. The molecular weight excluding hydrogens is 420 g/mol. The first-order chi connectivity index (χ1) is 16.7. The van der Waals surface area contributed by atoms with Gasteiger partial charge in [-0.2, -0.15) is 5.10 Å². The molecule has 0 amide bonds. The summed E-state index contributed by atoms with van der Waals surface area (Å²) in [6.07, 6.45) is 8.69. The Kier molecular flexibility index (Phi) is 5.12. The molecule has 0 radical (unpaired) electrons. The van der Waals surface area contributed by atoms with Gasteiger partial charge < -0.3 is 9.88 Å². The van der Waals surface area contributed by atoms with Gasteiger partial charge in [-0.15, -0.1) is 0 Å². The number of nitrogens with zero attached hydrogens (tertiary/aromatic N) is 5. The SMILES string of the molecule is [C-]#[N+]c1ccc(-c2c(-c3ccc4nn(C)cc4c3)ncc3c2ccn3CC2CCNCC2)cc1. The number of aryl methyl sites for hydroxylation is 1. The molecule has 6 nitrogen and oxygen atoms in total. The summed E-state index contributed by atoms with van der Waals surface area (Å²) in [6.45, 7) is 10.5. The minimum atomic E-state index is 0.644. The van der Waals surface area contributed by atoms with Gasteiger partial charge in [-0.05, 0) is 55.6 Å². The van der Waals surface area contributed by atoms with Crippen molar-refractivity contribution in [3.05, 3.63) is 78.5 Å². The average Bonchev–Trinajstić information content (AvgIpc) is 3.46. The Balaban J connectivity index is 1.52. The predicted molar refractivity (Wildman–Crippen MR) is 137 cm³/mol. The molecule has 2 aromatic carbocycles. The van der Waals surface area contributed by atoms with Gasteiger partial charge in [-0.1, -0.05) is 30.3 Å². The van der Waals surface area contributed by atoms with Crippen LogP contribution in [0.15, 0.2) is 67.1 Å². The van der Waals surface area contributed by atoms with E-state index in [1.807, 2.05) is 48.4 Å². The molecule has 168 valence electrons. The van der Waals surface area contributed by atoms with Gasteiger partial charge in [0.05, 0.1) is 29.5 Å². The summed E-state index contributed by atoms with van der Waals surface area (Å²) in [4.78, 5) is 8.58. The Labute approximate surface area is 198 Å². The van der Waals surface area contributed by atoms with Crippen LogP contribution in [0.3, 0.4) is 0 Å². The first-order valence-electron chi connectivity index (χ1n) is 11.8. The lowest BCUT2D eigenvalue weighted by atomic mass is 9.95. The van der Waals surface area contributed by atoms with Crippen LogP contribution in [0.25, 0.3) is 49.0 Å². The maximum absolute atomic E-state index is 7.33. The van der Waals surface area contributed by atoms with E-state index in [9.17, 15) is 0 Å². The highest BCUT2D eigenvalue weighted by Crippen LogP contribution is 2.38. The third-order valence-corrected chi connectivity index (χ3v) is 6.92. The minimum Gasteiger partial charge on any atom is -0.346 e. The number of hydrogen-bond acceptors (Lipinski definition) is 3. The number of nitrogens with one attached hydrogen (secondary N) is 1. The lowest BCUT2D eigenvalue weighted by Crippen LogP contribution is -2.29. The largest absolute Gasteiger partial charge is 0.346 e. The second-order valence-electron chi connectivity index (χ2n) is 9.18. The lowest BCUT2D eigenvalue weighted by Gasteiger charge is -2.23. The minimum absolute atomic E-state index is 0.644. The number of piperidine rings is 1. The highest BCUT2D eigenvalue weighted by molar-refractivity contribution is 6.02. The van der Waals surface area contributed by atoms with E-state index in [0.29, 0.717) is 11.6 Å². The van der Waals surface area contributed by atoms with E-state index in [1.165, 1.54) is 18.2 Å². The molecule has 6 heteroatoms. The Morgan fingerprint density at radius 2 is 1.85 bits per heavy atom. The molecule has 3 aromatic heterocycles. The number of hydrogen-bond donors (Lipinski definition) is 1. The van der Waals surface area contributed by atoms with E-state index in [-0.39, 0.29) is 0 Å². The summed E-state index contributed by atoms with van der Waals surface area (Å²) >= 11 is 0. The molecule has 6 rings (SSSR count). The summed E-state index contributed by atoms with van der Waals surface area (Å²) in [5.41, 5.74) is 6.99. The van der Waals surface area contributed by atoms with Crippen LogP contribution in [0.2, 0.25) is 0 Å². The second kappa shape index (κ2) is 8.44. The number of pyridine rings is 1. The zero-order valence-electron chi connectivity index (χ0n) is 19.2. The Morgan fingerprint density at radius 1 is 1.06 bits per heavy atom. The number of rotatable bonds is 4. The summed E-state index contributed by atoms with van der Waals surface area (Å²) in [6, 6.07) is 16.4. The number of benzene rings is 2. The first-order valence-corrected chi connectivity index (χ1v) is 11.8. The molecule has 0 atom stereocenters. The molecule has 0 spiro atoms. The molecule has 1 saturated heterocycles. The molecule has 1 N–H and O–H groups in total. The monoisotopic (exact) mass is 446 g/mol. The van der Waals surface area contributed by atoms with E-state index in [0.717, 1.165) is 58.4 Å². The van der Waals surface area contributed by atoms with Gasteiger partial charge >= 0.3 is 0 Å². The molecular formula is C28H26N6. The number of fused-ring (bicyclic) bond motifs is 2. The van der Waals surface area contributed by atoms with E-state index < -0.39 is 0 Å². The van der Waals surface area contributed by atoms with Crippen LogP contribution in [0.1, 0.15) is 12.8 Å². The van der Waals surface area contributed by atoms with Crippen molar-refractivity contribution in [1.29, 1.82) is 0 Å². The van der Waals surface area contributed by atoms with Crippen molar-refractivity contribution in [3.63, 3.8) is 0 Å². The van der Waals surface area contributed by atoms with Gasteiger partial charge in [-0.25, -0.2) is 4.85 Å². The summed E-state index contributed by atoms with van der Waals surface area (Å²) < 4.78 is 4.21. The average molecular weight is 447 g/mol. The van der Waals surface area contributed by atoms with Crippen molar-refractivity contribution >= 4 is 27.5 Å². The van der Waals surface area contributed by atoms with E-state index in [1.54, 1.807) is 0 Å². The highest BCUT2D eigenvalue weighted by Gasteiger charge is 2.19. The van der Waals surface area contributed by atoms with Crippen molar-refractivity contribution in [2.75, 3.05) is 13.1 Å². The topological polar surface area (TPSA) is 52.0 Å². The van der Waals surface area contributed by atoms with Crippen LogP contribution in [-0.4, -0.2) is 32.4 Å². The molecule has 34 heavy (non-hydrogen) atoms. The molecule has 0 saturated carbocycles. The Bertz CT molecular complexity index is 1530. The predicted octanol–water partition coefficient (Wildman–Crippen LogP) is 5.81. The van der Waals surface area contributed by atoms with Crippen molar-refractivity contribution in [3.8, 4) is 22.4 Å². The third kappa shape index (κ3) is 3.64. The van der Waals surface area contributed by atoms with Gasteiger partial charge in [0.25, 0.3) is 0 Å². The van der Waals surface area contributed by atoms with Gasteiger partial charge in [0.15, 0.2) is 5.69 Å². The Morgan fingerprint density at radius 3 is 2.65 bits per heavy atom. The van der Waals surface area contributed by atoms with Gasteiger partial charge in [0, 0.05) is 47.9 Å². The molecule has 5 aromatic rings. The fourth-order valence-electron chi connectivity index (χ4n) is 5.17. The van der Waals surface area contributed by atoms with Gasteiger partial charge in [0.2, 0.25) is 0 Å². The Hall–Kier alpha value is -3.95. The molecule has 0 unspecified atom stereocenters. The molecule has 1 aliphatic rings. The second-order valence-corrected chi connectivity index (χ2v) is 9.18. The van der Waals surface area contributed by atoms with Crippen LogP contribution < -0.4 is 5.32 Å². The molecule has 1 aliphatic heterocycles. The van der Waals surface area contributed by atoms with Crippen LogP contribution in [0.4, 0.5) is 5.69 Å². The summed E-state index contributed by atoms with van der Waals surface area (Å²) in [5, 5.41) is 10.3. The van der Waals surface area contributed by atoms with Crippen molar-refractivity contribution < 1.29 is 0 Å². The van der Waals surface area contributed by atoms with E-state index >= 15 is 0 Å². The van der Waals surface area contributed by atoms with Crippen molar-refractivity contribution in [2.24, 2.45) is 13.0 Å². The smallest absolute Gasteiger partial charge is 0.187 e. The molecule has 0 bridgehead atoms. The fraction of sp³-hybridized carbons (Fsp3) is 0.250. The third-order valence-electron chi connectivity index (χ3n) is 6.92. The summed E-state index contributed by atoms with van der Waals surface area (Å²) in [5.74, 6) is 0.686. The standard InChI is InChI=1S/C28H26N6/c1-29-23-6-3-20(4-7-23)27-24-11-14-34(17-19-9-12-30-13-10-19)26(24)16-31-28(27)21-5-8-25-22(15-21)18-33(2)32-25/h3-8,11,14-16,18-19,30H,9-10,12-13,17H2,2H3. The van der Waals surface area contributed by atoms with Crippen molar-refractivity contribution in [1.82, 2.24) is 24.6 Å². The zero-order chi connectivity index (χ0) is 23.1. The first kappa shape index (κ1) is 20.6. The quantitative estimate of drug-likeness (QED) is 0.355. The van der Waals surface area contributed by atoms with E-state index in [2.05, 4.69) is 50.3 Å². The number of aromatic nitrogens is 4. The highest BCUT2D eigenvalue weighted by atomic mass is 15.2. The van der Waals surface area contributed by atoms with Gasteiger partial charge in [0.1, 0.15) is 0 Å². The van der Waals surface area contributed by atoms with Gasteiger partial charge in [-0.3, -0.25) is 9.67 Å². The lowest BCUT2D eigenvalue weighted by molar-refractivity contribution is 0.337. The van der Waals surface area contributed by atoms with Crippen LogP contribution in [0.5, 0.6) is 0 Å². The molecule has 1 fully saturated rings. The van der Waals surface area contributed by atoms with Crippen LogP contribution >= 0.6 is 0 Å².